The van der Waals surface area contributed by atoms with Crippen molar-refractivity contribution in [1.82, 2.24) is 15.0 Å². The lowest BCUT2D eigenvalue weighted by Crippen LogP contribution is -2.00. The van der Waals surface area contributed by atoms with E-state index in [1.165, 1.54) is 26.9 Å². The van der Waals surface area contributed by atoms with Gasteiger partial charge in [0.1, 0.15) is 0 Å². The minimum Gasteiger partial charge on any atom is -0.247 e. The van der Waals surface area contributed by atoms with Crippen molar-refractivity contribution in [3.8, 4) is 67.4 Å². The van der Waals surface area contributed by atoms with Crippen LogP contribution in [-0.2, 0) is 0 Å². The topological polar surface area (TPSA) is 38.7 Å². The SMILES string of the molecule is c1ccc(-c2nc(-c3ccccc3)c(-c3ccc(-c4cc5c(-c6ccc7ccccc7c6)nc6ccccc6c5c5ccccc45)cc3)c(-c3ccccc3)n2)cc1. The van der Waals surface area contributed by atoms with E-state index in [2.05, 4.69) is 182 Å². The first kappa shape index (κ1) is 33.6. The van der Waals surface area contributed by atoms with Gasteiger partial charge in [-0.3, -0.25) is 0 Å². The number of hydrogen-bond donors (Lipinski definition) is 0. The highest BCUT2D eigenvalue weighted by Gasteiger charge is 2.21. The van der Waals surface area contributed by atoms with Crippen molar-refractivity contribution in [1.29, 1.82) is 0 Å². The van der Waals surface area contributed by atoms with E-state index < -0.39 is 0 Å². The van der Waals surface area contributed by atoms with E-state index in [0.29, 0.717) is 5.82 Å². The molecule has 0 aliphatic carbocycles. The molecule has 3 heteroatoms. The molecule has 9 aromatic carbocycles. The van der Waals surface area contributed by atoms with E-state index in [-0.39, 0.29) is 0 Å². The Morgan fingerprint density at radius 3 is 1.47 bits per heavy atom. The molecule has 0 atom stereocenters. The minimum absolute atomic E-state index is 0.699. The van der Waals surface area contributed by atoms with Crippen LogP contribution < -0.4 is 0 Å². The van der Waals surface area contributed by atoms with Gasteiger partial charge in [0.05, 0.1) is 22.6 Å². The molecular formula is C55H35N3. The van der Waals surface area contributed by atoms with E-state index in [1.807, 2.05) is 30.3 Å². The molecule has 0 aliphatic rings. The summed E-state index contributed by atoms with van der Waals surface area (Å²) in [7, 11) is 0. The van der Waals surface area contributed by atoms with Crippen LogP contribution in [0.15, 0.2) is 212 Å². The third-order valence-corrected chi connectivity index (χ3v) is 11.2. The molecule has 3 nitrogen and oxygen atoms in total. The molecule has 11 aromatic rings. The third-order valence-electron chi connectivity index (χ3n) is 11.2. The van der Waals surface area contributed by atoms with Crippen LogP contribution in [0.1, 0.15) is 0 Å². The molecule has 2 aromatic heterocycles. The Hall–Kier alpha value is -7.75. The minimum atomic E-state index is 0.699. The van der Waals surface area contributed by atoms with E-state index in [1.54, 1.807) is 0 Å². The maximum atomic E-state index is 5.37. The Balaban J connectivity index is 1.14. The van der Waals surface area contributed by atoms with Crippen LogP contribution in [0.2, 0.25) is 0 Å². The number of benzene rings is 9. The molecule has 11 rings (SSSR count). The van der Waals surface area contributed by atoms with Crippen molar-refractivity contribution < 1.29 is 0 Å². The Morgan fingerprint density at radius 2 is 0.793 bits per heavy atom. The normalized spacial score (nSPS) is 11.4. The zero-order valence-corrected chi connectivity index (χ0v) is 31.5. The molecule has 0 fully saturated rings. The summed E-state index contributed by atoms with van der Waals surface area (Å²) in [5.74, 6) is 0.699. The fourth-order valence-electron chi connectivity index (χ4n) is 8.49. The highest BCUT2D eigenvalue weighted by molar-refractivity contribution is 6.25. The lowest BCUT2D eigenvalue weighted by Gasteiger charge is -2.18. The van der Waals surface area contributed by atoms with E-state index in [9.17, 15) is 0 Å². The van der Waals surface area contributed by atoms with Crippen LogP contribution in [0.5, 0.6) is 0 Å². The van der Waals surface area contributed by atoms with Gasteiger partial charge in [-0.25, -0.2) is 15.0 Å². The van der Waals surface area contributed by atoms with Crippen LogP contribution in [0, 0.1) is 0 Å². The van der Waals surface area contributed by atoms with Gasteiger partial charge in [-0.15, -0.1) is 0 Å². The standard InChI is InChI=1S/C55H35N3/c1-4-17-39(18-5-1)53-50(54(40-19-6-2-7-20-40)58-55(57-53)41-21-8-3-9-22-41)38-31-29-37(30-32-38)47-35-48-51(45-25-13-12-24-44(45)47)46-26-14-15-27-49(46)56-52(48)43-33-28-36-16-10-11-23-42(36)34-43/h1-35H. The van der Waals surface area contributed by atoms with Gasteiger partial charge in [-0.05, 0) is 56.4 Å². The molecule has 58 heavy (non-hydrogen) atoms. The quantitative estimate of drug-likeness (QED) is 0.160. The molecule has 2 heterocycles. The third kappa shape index (κ3) is 5.80. The van der Waals surface area contributed by atoms with Crippen molar-refractivity contribution in [2.24, 2.45) is 0 Å². The van der Waals surface area contributed by atoms with E-state index >= 15 is 0 Å². The summed E-state index contributed by atoms with van der Waals surface area (Å²) in [5.41, 5.74) is 12.3. The zero-order valence-electron chi connectivity index (χ0n) is 31.5. The second-order valence-electron chi connectivity index (χ2n) is 14.7. The number of para-hydroxylation sites is 1. The Bertz CT molecular complexity index is 3240. The molecule has 0 saturated carbocycles. The van der Waals surface area contributed by atoms with Gasteiger partial charge in [-0.2, -0.15) is 0 Å². The van der Waals surface area contributed by atoms with E-state index in [4.69, 9.17) is 15.0 Å². The second kappa shape index (κ2) is 14.1. The second-order valence-corrected chi connectivity index (χ2v) is 14.7. The summed E-state index contributed by atoms with van der Waals surface area (Å²) in [4.78, 5) is 16.0. The van der Waals surface area contributed by atoms with Crippen molar-refractivity contribution in [3.63, 3.8) is 0 Å². The molecule has 270 valence electrons. The Kier molecular flexibility index (Phi) is 8.15. The highest BCUT2D eigenvalue weighted by atomic mass is 14.9. The fraction of sp³-hybridized carbons (Fsp3) is 0. The molecule has 0 amide bonds. The van der Waals surface area contributed by atoms with Gasteiger partial charge >= 0.3 is 0 Å². The fourth-order valence-corrected chi connectivity index (χ4v) is 8.49. The van der Waals surface area contributed by atoms with Gasteiger partial charge in [-0.1, -0.05) is 194 Å². The summed E-state index contributed by atoms with van der Waals surface area (Å²) in [6, 6.07) is 75.1. The largest absolute Gasteiger partial charge is 0.247 e. The van der Waals surface area contributed by atoms with Gasteiger partial charge in [0.15, 0.2) is 5.82 Å². The molecule has 0 saturated heterocycles. The van der Waals surface area contributed by atoms with E-state index in [0.717, 1.165) is 77.9 Å². The molecule has 0 spiro atoms. The molecule has 0 radical (unpaired) electrons. The number of pyridine rings is 1. The highest BCUT2D eigenvalue weighted by Crippen LogP contribution is 2.44. The maximum Gasteiger partial charge on any atom is 0.160 e. The predicted molar refractivity (Wildman–Crippen MR) is 242 cm³/mol. The first-order valence-corrected chi connectivity index (χ1v) is 19.7. The van der Waals surface area contributed by atoms with Crippen LogP contribution >= 0.6 is 0 Å². The van der Waals surface area contributed by atoms with Crippen molar-refractivity contribution in [2.45, 2.75) is 0 Å². The summed E-state index contributed by atoms with van der Waals surface area (Å²) in [6.45, 7) is 0. The van der Waals surface area contributed by atoms with Crippen LogP contribution in [-0.4, -0.2) is 15.0 Å². The summed E-state index contributed by atoms with van der Waals surface area (Å²) in [5, 5.41) is 8.34. The number of hydrogen-bond acceptors (Lipinski definition) is 3. The molecule has 0 aliphatic heterocycles. The van der Waals surface area contributed by atoms with Gasteiger partial charge in [0.2, 0.25) is 0 Å². The van der Waals surface area contributed by atoms with Gasteiger partial charge < -0.3 is 0 Å². The molecule has 0 unspecified atom stereocenters. The summed E-state index contributed by atoms with van der Waals surface area (Å²) < 4.78 is 0. The first-order chi connectivity index (χ1) is 28.8. The smallest absolute Gasteiger partial charge is 0.160 e. The Labute approximate surface area is 336 Å². The average Bonchev–Trinajstić information content (AvgIpc) is 3.31. The zero-order chi connectivity index (χ0) is 38.4. The maximum absolute atomic E-state index is 5.37. The lowest BCUT2D eigenvalue weighted by atomic mass is 9.88. The van der Waals surface area contributed by atoms with Crippen LogP contribution in [0.25, 0.3) is 111 Å². The van der Waals surface area contributed by atoms with Gasteiger partial charge in [0.25, 0.3) is 0 Å². The van der Waals surface area contributed by atoms with Gasteiger partial charge in [0, 0.05) is 44.0 Å². The number of aromatic nitrogens is 3. The summed E-state index contributed by atoms with van der Waals surface area (Å²) in [6.07, 6.45) is 0. The average molecular weight is 738 g/mol. The predicted octanol–water partition coefficient (Wildman–Crippen LogP) is 14.5. The monoisotopic (exact) mass is 737 g/mol. The Morgan fingerprint density at radius 1 is 0.276 bits per heavy atom. The number of fused-ring (bicyclic) bond motifs is 6. The van der Waals surface area contributed by atoms with Crippen LogP contribution in [0.4, 0.5) is 0 Å². The first-order valence-electron chi connectivity index (χ1n) is 19.7. The van der Waals surface area contributed by atoms with Crippen LogP contribution in [0.3, 0.4) is 0 Å². The molecule has 0 bridgehead atoms. The van der Waals surface area contributed by atoms with Crippen molar-refractivity contribution in [2.75, 3.05) is 0 Å². The summed E-state index contributed by atoms with van der Waals surface area (Å²) >= 11 is 0. The number of rotatable bonds is 6. The lowest BCUT2D eigenvalue weighted by molar-refractivity contribution is 1.18. The molecule has 0 N–H and O–H groups in total. The molecular weight excluding hydrogens is 703 g/mol. The number of nitrogens with zero attached hydrogens (tertiary/aromatic N) is 3. The van der Waals surface area contributed by atoms with Crippen molar-refractivity contribution >= 4 is 43.2 Å². The van der Waals surface area contributed by atoms with Crippen molar-refractivity contribution in [3.05, 3.63) is 212 Å².